The highest BCUT2D eigenvalue weighted by Gasteiger charge is 2.07. The summed E-state index contributed by atoms with van der Waals surface area (Å²) in [7, 11) is 1.32. The zero-order chi connectivity index (χ0) is 14.2. The van der Waals surface area contributed by atoms with E-state index in [-0.39, 0.29) is 5.69 Å². The number of ether oxygens (including phenoxy) is 1. The summed E-state index contributed by atoms with van der Waals surface area (Å²) in [5.74, 6) is 0.179. The van der Waals surface area contributed by atoms with Crippen molar-refractivity contribution in [2.24, 2.45) is 0 Å². The summed E-state index contributed by atoms with van der Waals surface area (Å²) in [5.41, 5.74) is 1.53. The van der Waals surface area contributed by atoms with Crippen LogP contribution in [0.25, 0.3) is 0 Å². The number of nitrogens with one attached hydrogen (secondary N) is 1. The second kappa shape index (κ2) is 7.23. The number of methoxy groups -OCH3 is 1. The first kappa shape index (κ1) is 14.0. The highest BCUT2D eigenvalue weighted by atomic mass is 16.5. The molecule has 0 saturated heterocycles. The SMILES string of the molecule is COC(=O)c1ccc(NCCCc2ccccc2)nn1. The summed E-state index contributed by atoms with van der Waals surface area (Å²) in [6.45, 7) is 0.807. The number of benzene rings is 1. The minimum Gasteiger partial charge on any atom is -0.464 e. The van der Waals surface area contributed by atoms with Crippen molar-refractivity contribution in [3.05, 3.63) is 53.7 Å². The number of aromatic nitrogens is 2. The Balaban J connectivity index is 1.75. The maximum atomic E-state index is 11.2. The monoisotopic (exact) mass is 271 g/mol. The van der Waals surface area contributed by atoms with Gasteiger partial charge < -0.3 is 10.1 Å². The molecule has 0 amide bonds. The van der Waals surface area contributed by atoms with Crippen molar-refractivity contribution in [2.75, 3.05) is 19.0 Å². The number of esters is 1. The van der Waals surface area contributed by atoms with Gasteiger partial charge in [0.25, 0.3) is 0 Å². The molecular formula is C15H17N3O2. The van der Waals surface area contributed by atoms with Crippen LogP contribution in [0.5, 0.6) is 0 Å². The van der Waals surface area contributed by atoms with Crippen LogP contribution in [0, 0.1) is 0 Å². The molecule has 20 heavy (non-hydrogen) atoms. The molecule has 0 aliphatic rings. The van der Waals surface area contributed by atoms with Crippen LogP contribution < -0.4 is 5.32 Å². The third kappa shape index (κ3) is 4.05. The number of carbonyl (C=O) groups excluding carboxylic acids is 1. The van der Waals surface area contributed by atoms with Crippen LogP contribution in [-0.4, -0.2) is 29.8 Å². The molecule has 2 rings (SSSR count). The van der Waals surface area contributed by atoms with Crippen LogP contribution in [0.15, 0.2) is 42.5 Å². The van der Waals surface area contributed by atoms with E-state index in [0.29, 0.717) is 5.82 Å². The summed E-state index contributed by atoms with van der Waals surface area (Å²) >= 11 is 0. The Labute approximate surface area is 118 Å². The number of hydrogen-bond acceptors (Lipinski definition) is 5. The Kier molecular flexibility index (Phi) is 5.06. The Bertz CT molecular complexity index is 541. The Morgan fingerprint density at radius 2 is 1.95 bits per heavy atom. The average molecular weight is 271 g/mol. The van der Waals surface area contributed by atoms with Gasteiger partial charge in [-0.25, -0.2) is 4.79 Å². The van der Waals surface area contributed by atoms with Crippen molar-refractivity contribution in [3.63, 3.8) is 0 Å². The van der Waals surface area contributed by atoms with Crippen LogP contribution in [0.3, 0.4) is 0 Å². The largest absolute Gasteiger partial charge is 0.464 e. The van der Waals surface area contributed by atoms with Crippen LogP contribution in [0.1, 0.15) is 22.5 Å². The van der Waals surface area contributed by atoms with E-state index >= 15 is 0 Å². The summed E-state index contributed by atoms with van der Waals surface area (Å²) in [4.78, 5) is 11.2. The summed E-state index contributed by atoms with van der Waals surface area (Å²) < 4.78 is 4.56. The fraction of sp³-hybridized carbons (Fsp3) is 0.267. The van der Waals surface area contributed by atoms with Crippen LogP contribution >= 0.6 is 0 Å². The molecule has 1 heterocycles. The number of carbonyl (C=O) groups is 1. The third-order valence-corrected chi connectivity index (χ3v) is 2.85. The molecule has 2 aromatic rings. The molecule has 104 valence electrons. The third-order valence-electron chi connectivity index (χ3n) is 2.85. The van der Waals surface area contributed by atoms with Gasteiger partial charge >= 0.3 is 5.97 Å². The normalized spacial score (nSPS) is 10.1. The van der Waals surface area contributed by atoms with E-state index < -0.39 is 5.97 Å². The lowest BCUT2D eigenvalue weighted by Crippen LogP contribution is -2.09. The molecule has 0 fully saturated rings. The van der Waals surface area contributed by atoms with Crippen LogP contribution in [0.2, 0.25) is 0 Å². The number of anilines is 1. The van der Waals surface area contributed by atoms with Gasteiger partial charge in [-0.15, -0.1) is 10.2 Å². The first-order chi connectivity index (χ1) is 9.79. The smallest absolute Gasteiger partial charge is 0.358 e. The van der Waals surface area contributed by atoms with Gasteiger partial charge in [-0.3, -0.25) is 0 Å². The number of aryl methyl sites for hydroxylation is 1. The van der Waals surface area contributed by atoms with Gasteiger partial charge in [-0.05, 0) is 30.5 Å². The van der Waals surface area contributed by atoms with Gasteiger partial charge in [-0.1, -0.05) is 30.3 Å². The maximum absolute atomic E-state index is 11.2. The lowest BCUT2D eigenvalue weighted by Gasteiger charge is -2.05. The van der Waals surface area contributed by atoms with E-state index in [1.54, 1.807) is 12.1 Å². The van der Waals surface area contributed by atoms with E-state index in [1.165, 1.54) is 12.7 Å². The number of nitrogens with zero attached hydrogens (tertiary/aromatic N) is 2. The predicted octanol–water partition coefficient (Wildman–Crippen LogP) is 2.31. The van der Waals surface area contributed by atoms with Crippen molar-refractivity contribution in [2.45, 2.75) is 12.8 Å². The Morgan fingerprint density at radius 1 is 1.15 bits per heavy atom. The highest BCUT2D eigenvalue weighted by Crippen LogP contribution is 2.05. The molecule has 0 unspecified atom stereocenters. The Hall–Kier alpha value is -2.43. The molecule has 0 aliphatic carbocycles. The van der Waals surface area contributed by atoms with E-state index in [1.807, 2.05) is 18.2 Å². The number of rotatable bonds is 6. The second-order valence-electron chi connectivity index (χ2n) is 4.31. The Morgan fingerprint density at radius 3 is 2.60 bits per heavy atom. The van der Waals surface area contributed by atoms with Gasteiger partial charge in [0, 0.05) is 6.54 Å². The molecule has 0 spiro atoms. The minimum atomic E-state index is -0.479. The lowest BCUT2D eigenvalue weighted by molar-refractivity contribution is 0.0593. The lowest BCUT2D eigenvalue weighted by atomic mass is 10.1. The minimum absolute atomic E-state index is 0.210. The van der Waals surface area contributed by atoms with Gasteiger partial charge in [-0.2, -0.15) is 0 Å². The van der Waals surface area contributed by atoms with Crippen molar-refractivity contribution in [1.29, 1.82) is 0 Å². The highest BCUT2D eigenvalue weighted by molar-refractivity contribution is 5.86. The quantitative estimate of drug-likeness (QED) is 0.645. The van der Waals surface area contributed by atoms with Crippen molar-refractivity contribution in [1.82, 2.24) is 10.2 Å². The zero-order valence-corrected chi connectivity index (χ0v) is 11.4. The average Bonchev–Trinajstić information content (AvgIpc) is 2.52. The molecular weight excluding hydrogens is 254 g/mol. The first-order valence-corrected chi connectivity index (χ1v) is 6.49. The van der Waals surface area contributed by atoms with Crippen molar-refractivity contribution >= 4 is 11.8 Å². The van der Waals surface area contributed by atoms with Crippen molar-refractivity contribution < 1.29 is 9.53 Å². The van der Waals surface area contributed by atoms with E-state index in [9.17, 15) is 4.79 Å². The zero-order valence-electron chi connectivity index (χ0n) is 11.4. The summed E-state index contributed by atoms with van der Waals surface area (Å²) in [6.07, 6.45) is 2.02. The second-order valence-corrected chi connectivity index (χ2v) is 4.31. The molecule has 0 aliphatic heterocycles. The molecule has 0 saturated carbocycles. The van der Waals surface area contributed by atoms with Gasteiger partial charge in [0.2, 0.25) is 0 Å². The van der Waals surface area contributed by atoms with E-state index in [2.05, 4.69) is 32.4 Å². The van der Waals surface area contributed by atoms with Gasteiger partial charge in [0.15, 0.2) is 5.69 Å². The van der Waals surface area contributed by atoms with E-state index in [0.717, 1.165) is 19.4 Å². The molecule has 1 aromatic carbocycles. The fourth-order valence-electron chi connectivity index (χ4n) is 1.79. The fourth-order valence-corrected chi connectivity index (χ4v) is 1.79. The molecule has 0 atom stereocenters. The van der Waals surface area contributed by atoms with Crippen LogP contribution in [-0.2, 0) is 11.2 Å². The topological polar surface area (TPSA) is 64.1 Å². The van der Waals surface area contributed by atoms with Crippen molar-refractivity contribution in [3.8, 4) is 0 Å². The van der Waals surface area contributed by atoms with Crippen LogP contribution in [0.4, 0.5) is 5.82 Å². The standard InChI is InChI=1S/C15H17N3O2/c1-20-15(19)13-9-10-14(18-17-13)16-11-5-8-12-6-3-2-4-7-12/h2-4,6-7,9-10H,5,8,11H2,1H3,(H,16,18). The maximum Gasteiger partial charge on any atom is 0.358 e. The molecule has 0 radical (unpaired) electrons. The molecule has 1 N–H and O–H groups in total. The molecule has 1 aromatic heterocycles. The first-order valence-electron chi connectivity index (χ1n) is 6.49. The van der Waals surface area contributed by atoms with Gasteiger partial charge in [0.1, 0.15) is 5.82 Å². The molecule has 0 bridgehead atoms. The molecule has 5 nitrogen and oxygen atoms in total. The summed E-state index contributed by atoms with van der Waals surface area (Å²) in [6, 6.07) is 13.6. The summed E-state index contributed by atoms with van der Waals surface area (Å²) in [5, 5.41) is 10.9. The molecule has 5 heteroatoms. The van der Waals surface area contributed by atoms with Gasteiger partial charge in [0.05, 0.1) is 7.11 Å². The van der Waals surface area contributed by atoms with E-state index in [4.69, 9.17) is 0 Å². The number of hydrogen-bond donors (Lipinski definition) is 1. The predicted molar refractivity (Wildman–Crippen MR) is 76.6 cm³/mol.